The quantitative estimate of drug-likeness (QED) is 0.0859. The van der Waals surface area contributed by atoms with Crippen LogP contribution in [0.25, 0.3) is 0 Å². The van der Waals surface area contributed by atoms with E-state index in [1.807, 2.05) is 194 Å². The summed E-state index contributed by atoms with van der Waals surface area (Å²) >= 11 is 5.21. The largest absolute Gasteiger partial charge is 0.485 e. The lowest BCUT2D eigenvalue weighted by Gasteiger charge is -2.01. The van der Waals surface area contributed by atoms with Crippen molar-refractivity contribution in [2.45, 2.75) is 177 Å². The number of halogens is 4. The van der Waals surface area contributed by atoms with Gasteiger partial charge in [-0.25, -0.2) is 0 Å². The Morgan fingerprint density at radius 2 is 0.817 bits per heavy atom. The molecule has 0 aliphatic heterocycles. The molecule has 2 aliphatic carbocycles. The SMILES string of the molecule is C/C(=N/O)c1ccccc1.C/C(=N/OCC1CC1)c1ccccc1.CC.CC.CC.CC(C)=NO.CC(C)=NOCC1CC1.CC=NC.CC=NC.CN=C(C)C.CN=C(C)C#N.CN=C(C)C(F)(F)F.CN=C(C)Cl.CN=C(C)OC.CO/N=C(/C)c1ccccc1. The first kappa shape index (κ1) is 107. The van der Waals surface area contributed by atoms with Gasteiger partial charge in [0, 0.05) is 62.0 Å². The van der Waals surface area contributed by atoms with Gasteiger partial charge in [0.2, 0.25) is 0 Å². The minimum absolute atomic E-state index is 0.523. The van der Waals surface area contributed by atoms with Gasteiger partial charge in [-0.05, 0) is 164 Å². The number of hydrogen-bond donors (Lipinski definition) is 2. The first-order valence-electron chi connectivity index (χ1n) is 30.5. The van der Waals surface area contributed by atoms with E-state index < -0.39 is 11.9 Å². The van der Waals surface area contributed by atoms with Crippen molar-refractivity contribution in [3.8, 4) is 6.07 Å². The van der Waals surface area contributed by atoms with Crippen LogP contribution in [0.4, 0.5) is 13.2 Å². The van der Waals surface area contributed by atoms with Gasteiger partial charge in [-0.15, -0.1) is 0 Å². The Labute approximate surface area is 566 Å². The van der Waals surface area contributed by atoms with Crippen LogP contribution in [0.3, 0.4) is 0 Å². The van der Waals surface area contributed by atoms with Gasteiger partial charge in [0.25, 0.3) is 0 Å². The average molecular weight is 1340 g/mol. The Kier molecular flexibility index (Phi) is 96.4. The Morgan fingerprint density at radius 3 is 0.978 bits per heavy atom. The zero-order chi connectivity index (χ0) is 74.4. The molecule has 2 fully saturated rings. The summed E-state index contributed by atoms with van der Waals surface area (Å²) in [5.41, 5.74) is 8.20. The van der Waals surface area contributed by atoms with E-state index in [0.29, 0.717) is 22.3 Å². The average Bonchev–Trinajstić information content (AvgIpc) is 4.72. The minimum atomic E-state index is -4.24. The molecule has 0 atom stereocenters. The molecule has 532 valence electrons. The highest BCUT2D eigenvalue weighted by Gasteiger charge is 2.31. The molecule has 93 heavy (non-hydrogen) atoms. The maximum Gasteiger partial charge on any atom is 0.428 e. The van der Waals surface area contributed by atoms with E-state index in [-0.39, 0.29) is 0 Å². The minimum Gasteiger partial charge on any atom is -0.485 e. The van der Waals surface area contributed by atoms with Crippen molar-refractivity contribution in [3.63, 3.8) is 0 Å². The second kappa shape index (κ2) is 84.1. The second-order valence-corrected chi connectivity index (χ2v) is 18.5. The third kappa shape index (κ3) is 100. The summed E-state index contributed by atoms with van der Waals surface area (Å²) in [6, 6.07) is 31.4. The number of hydrogen-bond acceptors (Lipinski definition) is 19. The molecular formula is C70H123ClF3N13O6. The highest BCUT2D eigenvalue weighted by Crippen LogP contribution is 2.29. The molecule has 0 radical (unpaired) electrons. The Hall–Kier alpha value is -7.93. The van der Waals surface area contributed by atoms with Crippen LogP contribution in [-0.4, -0.2) is 163 Å². The molecule has 0 amide bonds. The fourth-order valence-electron chi connectivity index (χ4n) is 3.69. The monoisotopic (exact) mass is 1330 g/mol. The molecule has 2 saturated carbocycles. The highest BCUT2D eigenvalue weighted by atomic mass is 35.5. The lowest BCUT2D eigenvalue weighted by molar-refractivity contribution is -0.0592. The van der Waals surface area contributed by atoms with Crippen molar-refractivity contribution in [3.05, 3.63) is 108 Å². The van der Waals surface area contributed by atoms with Crippen LogP contribution in [0.1, 0.15) is 188 Å². The van der Waals surface area contributed by atoms with Crippen LogP contribution in [0.15, 0.2) is 152 Å². The summed E-state index contributed by atoms with van der Waals surface area (Å²) < 4.78 is 38.6. The standard InChI is InChI=1S/C12H15NO.C9H11NO.C8H9NO.C7H13NO.C4H6F3N.C4H6N2.C4H9NO.C4H9N.C3H6ClN.C3H7NO.2C3H7N.3C2H6/c1-10(12-5-3-2-4-6-12)13-14-9-11-7-8-11;1-8(10-11-2)9-6-4-3-5-7-9;1-7(9-10)8-5-3-2-4-6-8;1-6(2)8-9-5-7-3-4-7;1-3(8-2)4(5,6)7;1-4(3-5)6-2;1-4(5-2)6-3;1-4(2)5-3;1-3(4)5-2;1-3(2)4-5;2*1-3-4-2;3*1-2/h2-6,11H,7-9H2,1H3;3-7H,1-2H3;2-6,10H,1H3;7H,3-5H2,1-2H3;1-2H3;1-2H3;1-3H3;1-3H3;1-2H3;5H,1-2H3;2*3H,1-2H3;3*1-2H3/b13-10-;10-8-;9-7-;;;;;;;;;;;;. The van der Waals surface area contributed by atoms with Crippen LogP contribution < -0.4 is 0 Å². The lowest BCUT2D eigenvalue weighted by atomic mass is 10.1. The fraction of sp³-hybridized carbons (Fsp3) is 0.557. The van der Waals surface area contributed by atoms with Crippen molar-refractivity contribution in [1.82, 2.24) is 0 Å². The summed E-state index contributed by atoms with van der Waals surface area (Å²) in [6.07, 6.45) is 4.53. The van der Waals surface area contributed by atoms with Gasteiger partial charge in [0.05, 0.1) is 40.8 Å². The topological polar surface area (TPSA) is 249 Å². The van der Waals surface area contributed by atoms with Crippen LogP contribution >= 0.6 is 11.6 Å². The molecule has 5 rings (SSSR count). The lowest BCUT2D eigenvalue weighted by Crippen LogP contribution is -2.18. The van der Waals surface area contributed by atoms with Crippen LogP contribution in [0.5, 0.6) is 0 Å². The first-order valence-corrected chi connectivity index (χ1v) is 30.9. The van der Waals surface area contributed by atoms with Crippen molar-refractivity contribution < 1.29 is 42.8 Å². The molecule has 2 N–H and O–H groups in total. The Bertz CT molecular complexity index is 2450. The number of nitriles is 1. The van der Waals surface area contributed by atoms with Crippen molar-refractivity contribution in [1.29, 1.82) is 5.26 Å². The van der Waals surface area contributed by atoms with E-state index in [1.165, 1.54) is 25.7 Å². The summed E-state index contributed by atoms with van der Waals surface area (Å²) in [6.45, 7) is 40.4. The van der Waals surface area contributed by atoms with Crippen molar-refractivity contribution >= 4 is 80.8 Å². The number of alkyl halides is 3. The highest BCUT2D eigenvalue weighted by molar-refractivity contribution is 6.64. The molecule has 19 nitrogen and oxygen atoms in total. The van der Waals surface area contributed by atoms with Crippen molar-refractivity contribution in [2.24, 2.45) is 72.6 Å². The maximum atomic E-state index is 11.3. The second-order valence-electron chi connectivity index (χ2n) is 18.0. The molecule has 0 unspecified atom stereocenters. The van der Waals surface area contributed by atoms with Crippen LogP contribution in [-0.2, 0) is 19.2 Å². The van der Waals surface area contributed by atoms with E-state index in [1.54, 1.807) is 110 Å². The smallest absolute Gasteiger partial charge is 0.428 e. The molecule has 0 aromatic heterocycles. The van der Waals surface area contributed by atoms with E-state index in [9.17, 15) is 13.2 Å². The summed E-state index contributed by atoms with van der Waals surface area (Å²) in [7, 11) is 14.5. The molecule has 23 heteroatoms. The van der Waals surface area contributed by atoms with E-state index in [2.05, 4.69) is 70.3 Å². The number of methoxy groups -OCH3 is 1. The predicted molar refractivity (Wildman–Crippen MR) is 401 cm³/mol. The van der Waals surface area contributed by atoms with Gasteiger partial charge in [-0.2, -0.15) is 18.4 Å². The third-order valence-electron chi connectivity index (χ3n) is 9.74. The Balaban J connectivity index is -0.000000102. The third-order valence-corrected chi connectivity index (χ3v) is 9.91. The first-order chi connectivity index (χ1) is 44.1. The molecule has 0 spiro atoms. The molecule has 0 saturated heterocycles. The zero-order valence-corrected chi connectivity index (χ0v) is 63.3. The van der Waals surface area contributed by atoms with Gasteiger partial charge in [0.1, 0.15) is 37.8 Å². The molecule has 2 aliphatic rings. The van der Waals surface area contributed by atoms with Gasteiger partial charge in [0.15, 0.2) is 5.90 Å². The van der Waals surface area contributed by atoms with Crippen LogP contribution in [0, 0.1) is 23.2 Å². The summed E-state index contributed by atoms with van der Waals surface area (Å²) in [4.78, 5) is 39.7. The Morgan fingerprint density at radius 1 is 0.505 bits per heavy atom. The summed E-state index contributed by atoms with van der Waals surface area (Å²) in [5.74, 6) is 2.30. The number of benzene rings is 3. The van der Waals surface area contributed by atoms with Gasteiger partial charge >= 0.3 is 6.18 Å². The molecule has 0 heterocycles. The molecular weight excluding hydrogens is 1210 g/mol. The number of rotatable bonds is 10. The summed E-state index contributed by atoms with van der Waals surface area (Å²) in [5, 5.41) is 42.3. The predicted octanol–water partition coefficient (Wildman–Crippen LogP) is 19.2. The van der Waals surface area contributed by atoms with Gasteiger partial charge in [-0.1, -0.05) is 170 Å². The van der Waals surface area contributed by atoms with Gasteiger partial charge in [-0.3, -0.25) is 25.0 Å². The normalized spacial score (nSPS) is 11.8. The number of ether oxygens (including phenoxy) is 1. The molecule has 0 bridgehead atoms. The number of nitrogens with zero attached hydrogens (tertiary/aromatic N) is 13. The molecule has 3 aromatic carbocycles. The molecule has 3 aromatic rings. The zero-order valence-electron chi connectivity index (χ0n) is 62.6. The van der Waals surface area contributed by atoms with Crippen LogP contribution in [0.2, 0.25) is 0 Å². The number of aliphatic imine (C=N–C) groups is 7. The maximum absolute atomic E-state index is 11.3. The van der Waals surface area contributed by atoms with E-state index >= 15 is 0 Å². The van der Waals surface area contributed by atoms with E-state index in [4.69, 9.17) is 37.0 Å². The fourth-order valence-corrected chi connectivity index (χ4v) is 3.69. The van der Waals surface area contributed by atoms with E-state index in [0.717, 1.165) is 84.5 Å². The van der Waals surface area contributed by atoms with Gasteiger partial charge < -0.3 is 39.6 Å². The number of oxime groups is 5. The van der Waals surface area contributed by atoms with Crippen molar-refractivity contribution in [2.75, 3.05) is 76.8 Å².